The number of thiocarbonyl (C=S) groups is 1. The number of nitrogens with one attached hydrogen (secondary N) is 1. The topological polar surface area (TPSA) is 44.5 Å². The standard InChI is InChI=1S/C14H21ClN4S/c1-18-6-7-19(2)10(9-18)8-17-12-5-3-4-11(15)13(12)14(16)20/h3-5,10,17H,6-9H2,1-2H3,(H2,16,20). The minimum atomic E-state index is 0.326. The van der Waals surface area contributed by atoms with Crippen LogP contribution < -0.4 is 11.1 Å². The second kappa shape index (κ2) is 6.72. The Bertz CT molecular complexity index is 494. The Balaban J connectivity index is 2.07. The van der Waals surface area contributed by atoms with Crippen LogP contribution in [0.4, 0.5) is 5.69 Å². The zero-order valence-electron chi connectivity index (χ0n) is 11.9. The zero-order valence-corrected chi connectivity index (χ0v) is 13.5. The fourth-order valence-corrected chi connectivity index (χ4v) is 3.02. The second-order valence-electron chi connectivity index (χ2n) is 5.30. The van der Waals surface area contributed by atoms with Crippen molar-refractivity contribution in [3.05, 3.63) is 28.8 Å². The summed E-state index contributed by atoms with van der Waals surface area (Å²) in [6.07, 6.45) is 0. The molecule has 1 unspecified atom stereocenters. The maximum atomic E-state index is 6.17. The van der Waals surface area contributed by atoms with Gasteiger partial charge < -0.3 is 16.0 Å². The van der Waals surface area contributed by atoms with Crippen LogP contribution in [-0.4, -0.2) is 61.1 Å². The lowest BCUT2D eigenvalue weighted by molar-refractivity contribution is 0.122. The molecule has 20 heavy (non-hydrogen) atoms. The molecule has 0 aliphatic carbocycles. The van der Waals surface area contributed by atoms with E-state index in [1.165, 1.54) is 0 Å². The first kappa shape index (κ1) is 15.5. The predicted molar refractivity (Wildman–Crippen MR) is 89.7 cm³/mol. The summed E-state index contributed by atoms with van der Waals surface area (Å²) >= 11 is 11.3. The quantitative estimate of drug-likeness (QED) is 0.828. The third-order valence-corrected chi connectivity index (χ3v) is 4.29. The Kier molecular flexibility index (Phi) is 5.21. The van der Waals surface area contributed by atoms with Gasteiger partial charge in [-0.1, -0.05) is 29.9 Å². The lowest BCUT2D eigenvalue weighted by Gasteiger charge is -2.38. The number of piperazine rings is 1. The molecule has 0 amide bonds. The number of benzene rings is 1. The van der Waals surface area contributed by atoms with Gasteiger partial charge in [-0.3, -0.25) is 4.90 Å². The number of nitrogens with two attached hydrogens (primary N) is 1. The van der Waals surface area contributed by atoms with Crippen molar-refractivity contribution in [1.29, 1.82) is 0 Å². The summed E-state index contributed by atoms with van der Waals surface area (Å²) in [5.74, 6) is 0. The molecule has 0 radical (unpaired) electrons. The highest BCUT2D eigenvalue weighted by Gasteiger charge is 2.22. The van der Waals surface area contributed by atoms with E-state index >= 15 is 0 Å². The van der Waals surface area contributed by atoms with Crippen molar-refractivity contribution in [2.75, 3.05) is 45.6 Å². The van der Waals surface area contributed by atoms with Crippen LogP contribution in [0.2, 0.25) is 5.02 Å². The molecule has 2 rings (SSSR count). The van der Waals surface area contributed by atoms with Crippen LogP contribution in [0.3, 0.4) is 0 Å². The normalized spacial score (nSPS) is 20.9. The molecule has 1 aliphatic heterocycles. The smallest absolute Gasteiger partial charge is 0.107 e. The van der Waals surface area contributed by atoms with Gasteiger partial charge >= 0.3 is 0 Å². The molecule has 110 valence electrons. The first-order valence-corrected chi connectivity index (χ1v) is 7.48. The molecule has 1 aromatic carbocycles. The summed E-state index contributed by atoms with van der Waals surface area (Å²) in [5.41, 5.74) is 7.40. The summed E-state index contributed by atoms with van der Waals surface area (Å²) in [6.45, 7) is 4.09. The second-order valence-corrected chi connectivity index (χ2v) is 6.15. The maximum absolute atomic E-state index is 6.17. The molecule has 0 bridgehead atoms. The minimum absolute atomic E-state index is 0.326. The summed E-state index contributed by atoms with van der Waals surface area (Å²) < 4.78 is 0. The first-order chi connectivity index (χ1) is 9.49. The van der Waals surface area contributed by atoms with E-state index in [-0.39, 0.29) is 0 Å². The zero-order chi connectivity index (χ0) is 14.7. The number of likely N-dealkylation sites (N-methyl/N-ethyl adjacent to an activating group) is 2. The lowest BCUT2D eigenvalue weighted by atomic mass is 10.1. The third kappa shape index (κ3) is 3.61. The highest BCUT2D eigenvalue weighted by molar-refractivity contribution is 7.80. The molecule has 3 N–H and O–H groups in total. The molecule has 0 aromatic heterocycles. The molecule has 4 nitrogen and oxygen atoms in total. The van der Waals surface area contributed by atoms with Crippen molar-refractivity contribution < 1.29 is 0 Å². The van der Waals surface area contributed by atoms with Gasteiger partial charge in [0.1, 0.15) is 4.99 Å². The predicted octanol–water partition coefficient (Wildman–Crippen LogP) is 1.63. The molecule has 1 saturated heterocycles. The van der Waals surface area contributed by atoms with Gasteiger partial charge in [-0.05, 0) is 26.2 Å². The average molecular weight is 313 g/mol. The largest absolute Gasteiger partial charge is 0.389 e. The molecule has 1 fully saturated rings. The number of rotatable bonds is 4. The Morgan fingerprint density at radius 2 is 2.20 bits per heavy atom. The van der Waals surface area contributed by atoms with E-state index in [9.17, 15) is 0 Å². The van der Waals surface area contributed by atoms with Crippen molar-refractivity contribution in [3.8, 4) is 0 Å². The van der Waals surface area contributed by atoms with Crippen molar-refractivity contribution in [2.45, 2.75) is 6.04 Å². The van der Waals surface area contributed by atoms with Gasteiger partial charge in [0, 0.05) is 37.9 Å². The van der Waals surface area contributed by atoms with Crippen LogP contribution >= 0.6 is 23.8 Å². The van der Waals surface area contributed by atoms with E-state index in [1.54, 1.807) is 0 Å². The molecular formula is C14H21ClN4S. The van der Waals surface area contributed by atoms with Crippen LogP contribution in [0.5, 0.6) is 0 Å². The van der Waals surface area contributed by atoms with E-state index in [0.29, 0.717) is 16.1 Å². The number of nitrogens with zero attached hydrogens (tertiary/aromatic N) is 2. The minimum Gasteiger partial charge on any atom is -0.389 e. The molecular weight excluding hydrogens is 292 g/mol. The Labute approximate surface area is 130 Å². The Morgan fingerprint density at radius 1 is 1.45 bits per heavy atom. The van der Waals surface area contributed by atoms with E-state index < -0.39 is 0 Å². The summed E-state index contributed by atoms with van der Waals surface area (Å²) in [6, 6.07) is 6.14. The van der Waals surface area contributed by atoms with E-state index in [4.69, 9.17) is 29.6 Å². The van der Waals surface area contributed by atoms with Crippen LogP contribution in [0.15, 0.2) is 18.2 Å². The molecule has 0 saturated carbocycles. The van der Waals surface area contributed by atoms with Gasteiger partial charge in [-0.15, -0.1) is 0 Å². The summed E-state index contributed by atoms with van der Waals surface area (Å²) in [5, 5.41) is 4.03. The number of hydrogen-bond acceptors (Lipinski definition) is 4. The van der Waals surface area contributed by atoms with Crippen molar-refractivity contribution in [3.63, 3.8) is 0 Å². The van der Waals surface area contributed by atoms with Gasteiger partial charge in [0.05, 0.1) is 10.6 Å². The number of halogens is 1. The summed E-state index contributed by atoms with van der Waals surface area (Å²) in [7, 11) is 4.31. The van der Waals surface area contributed by atoms with Gasteiger partial charge in [0.15, 0.2) is 0 Å². The highest BCUT2D eigenvalue weighted by Crippen LogP contribution is 2.24. The molecule has 0 spiro atoms. The van der Waals surface area contributed by atoms with Crippen LogP contribution in [-0.2, 0) is 0 Å². The summed E-state index contributed by atoms with van der Waals surface area (Å²) in [4.78, 5) is 5.05. The highest BCUT2D eigenvalue weighted by atomic mass is 35.5. The number of anilines is 1. The van der Waals surface area contributed by atoms with E-state index in [1.807, 2.05) is 18.2 Å². The van der Waals surface area contributed by atoms with Crippen molar-refractivity contribution in [1.82, 2.24) is 9.80 Å². The first-order valence-electron chi connectivity index (χ1n) is 6.70. The fourth-order valence-electron chi connectivity index (χ4n) is 2.47. The molecule has 1 aliphatic rings. The number of hydrogen-bond donors (Lipinski definition) is 2. The fraction of sp³-hybridized carbons (Fsp3) is 0.500. The van der Waals surface area contributed by atoms with Gasteiger partial charge in [0.2, 0.25) is 0 Å². The molecule has 1 heterocycles. The molecule has 1 aromatic rings. The Morgan fingerprint density at radius 3 is 2.90 bits per heavy atom. The molecule has 1 atom stereocenters. The monoisotopic (exact) mass is 312 g/mol. The maximum Gasteiger partial charge on any atom is 0.107 e. The third-order valence-electron chi connectivity index (χ3n) is 3.77. The van der Waals surface area contributed by atoms with Crippen molar-refractivity contribution >= 4 is 34.5 Å². The molecule has 6 heteroatoms. The van der Waals surface area contributed by atoms with Crippen LogP contribution in [0.1, 0.15) is 5.56 Å². The van der Waals surface area contributed by atoms with Crippen LogP contribution in [0, 0.1) is 0 Å². The van der Waals surface area contributed by atoms with E-state index in [0.717, 1.165) is 37.4 Å². The average Bonchev–Trinajstić information content (AvgIpc) is 2.39. The SMILES string of the molecule is CN1CCN(C)C(CNc2cccc(Cl)c2C(N)=S)C1. The van der Waals surface area contributed by atoms with Crippen LogP contribution in [0.25, 0.3) is 0 Å². The van der Waals surface area contributed by atoms with Gasteiger partial charge in [-0.2, -0.15) is 0 Å². The van der Waals surface area contributed by atoms with E-state index in [2.05, 4.69) is 29.2 Å². The van der Waals surface area contributed by atoms with Crippen molar-refractivity contribution in [2.24, 2.45) is 5.73 Å². The van der Waals surface area contributed by atoms with Gasteiger partial charge in [0.25, 0.3) is 0 Å². The van der Waals surface area contributed by atoms with Gasteiger partial charge in [-0.25, -0.2) is 0 Å². The Hall–Kier alpha value is -0.880. The lowest BCUT2D eigenvalue weighted by Crippen LogP contribution is -2.52.